The fraction of sp³-hybridized carbons (Fsp3) is 0.417. The SMILES string of the molecule is CN(Cc1cccnc1)CC1CCC2(CN(C(=O)c3cc4ccccc4[nH]3)C2)OC1. The number of para-hydroxylation sites is 1. The van der Waals surface area contributed by atoms with Gasteiger partial charge in [-0.2, -0.15) is 0 Å². The molecule has 0 radical (unpaired) electrons. The van der Waals surface area contributed by atoms with Crippen molar-refractivity contribution < 1.29 is 9.53 Å². The van der Waals surface area contributed by atoms with Crippen molar-refractivity contribution in [3.63, 3.8) is 0 Å². The van der Waals surface area contributed by atoms with Crippen LogP contribution < -0.4 is 0 Å². The Hall–Kier alpha value is -2.70. The number of ether oxygens (including phenoxy) is 1. The minimum atomic E-state index is -0.139. The van der Waals surface area contributed by atoms with E-state index in [1.165, 1.54) is 5.56 Å². The van der Waals surface area contributed by atoms with Crippen molar-refractivity contribution >= 4 is 16.8 Å². The van der Waals surface area contributed by atoms with Crippen LogP contribution in [0.25, 0.3) is 10.9 Å². The van der Waals surface area contributed by atoms with Gasteiger partial charge in [0.25, 0.3) is 5.91 Å². The summed E-state index contributed by atoms with van der Waals surface area (Å²) in [6.07, 6.45) is 5.90. The van der Waals surface area contributed by atoms with E-state index in [1.54, 1.807) is 0 Å². The molecule has 1 unspecified atom stereocenters. The van der Waals surface area contributed by atoms with Gasteiger partial charge in [0, 0.05) is 36.4 Å². The van der Waals surface area contributed by atoms with Crippen LogP contribution in [0.4, 0.5) is 0 Å². The van der Waals surface area contributed by atoms with Crippen molar-refractivity contribution in [1.29, 1.82) is 0 Å². The van der Waals surface area contributed by atoms with E-state index in [9.17, 15) is 4.79 Å². The number of benzene rings is 1. The Morgan fingerprint density at radius 2 is 2.17 bits per heavy atom. The highest BCUT2D eigenvalue weighted by Crippen LogP contribution is 2.37. The third-order valence-corrected chi connectivity index (χ3v) is 6.38. The summed E-state index contributed by atoms with van der Waals surface area (Å²) in [7, 11) is 2.15. The molecular weight excluding hydrogens is 376 g/mol. The van der Waals surface area contributed by atoms with Gasteiger partial charge in [-0.15, -0.1) is 0 Å². The second kappa shape index (κ2) is 7.85. The van der Waals surface area contributed by atoms with Gasteiger partial charge in [-0.05, 0) is 49.6 Å². The van der Waals surface area contributed by atoms with Crippen molar-refractivity contribution in [3.05, 3.63) is 66.1 Å². The summed E-state index contributed by atoms with van der Waals surface area (Å²) in [5.41, 5.74) is 2.76. The van der Waals surface area contributed by atoms with Crippen molar-refractivity contribution in [1.82, 2.24) is 19.8 Å². The molecule has 3 aromatic rings. The van der Waals surface area contributed by atoms with Gasteiger partial charge in [-0.3, -0.25) is 9.78 Å². The summed E-state index contributed by atoms with van der Waals surface area (Å²) in [5.74, 6) is 0.606. The number of nitrogens with one attached hydrogen (secondary N) is 1. The Morgan fingerprint density at radius 1 is 1.30 bits per heavy atom. The van der Waals surface area contributed by atoms with E-state index in [4.69, 9.17) is 4.74 Å². The van der Waals surface area contributed by atoms with Crippen LogP contribution in [0.1, 0.15) is 28.9 Å². The van der Waals surface area contributed by atoms with Crippen molar-refractivity contribution in [2.75, 3.05) is 33.3 Å². The van der Waals surface area contributed by atoms with Gasteiger partial charge in [0.05, 0.1) is 19.7 Å². The Bertz CT molecular complexity index is 983. The minimum Gasteiger partial charge on any atom is -0.371 e. The lowest BCUT2D eigenvalue weighted by molar-refractivity contribution is -0.168. The van der Waals surface area contributed by atoms with Crippen LogP contribution in [0.2, 0.25) is 0 Å². The predicted molar refractivity (Wildman–Crippen MR) is 116 cm³/mol. The normalized spacial score (nSPS) is 20.6. The Labute approximate surface area is 176 Å². The number of likely N-dealkylation sites (tertiary alicyclic amines) is 1. The van der Waals surface area contributed by atoms with Gasteiger partial charge >= 0.3 is 0 Å². The second-order valence-electron chi connectivity index (χ2n) is 8.89. The lowest BCUT2D eigenvalue weighted by Gasteiger charge is -2.52. The molecule has 2 saturated heterocycles. The lowest BCUT2D eigenvalue weighted by atomic mass is 9.82. The molecule has 2 aromatic heterocycles. The molecule has 5 rings (SSSR count). The summed E-state index contributed by atoms with van der Waals surface area (Å²) in [6.45, 7) is 4.08. The molecule has 6 heteroatoms. The van der Waals surface area contributed by atoms with Gasteiger partial charge in [-0.25, -0.2) is 0 Å². The highest BCUT2D eigenvalue weighted by molar-refractivity contribution is 5.98. The molecule has 1 aromatic carbocycles. The molecule has 1 amide bonds. The van der Waals surface area contributed by atoms with E-state index in [0.717, 1.165) is 43.4 Å². The Balaban J connectivity index is 1.11. The van der Waals surface area contributed by atoms with Crippen LogP contribution >= 0.6 is 0 Å². The summed E-state index contributed by atoms with van der Waals surface area (Å²) >= 11 is 0. The molecule has 0 aliphatic carbocycles. The fourth-order valence-electron chi connectivity index (χ4n) is 4.77. The summed E-state index contributed by atoms with van der Waals surface area (Å²) in [5, 5.41) is 1.07. The third kappa shape index (κ3) is 3.85. The van der Waals surface area contributed by atoms with E-state index in [0.29, 0.717) is 24.7 Å². The van der Waals surface area contributed by atoms with E-state index in [2.05, 4.69) is 28.0 Å². The van der Waals surface area contributed by atoms with Crippen LogP contribution in [0.15, 0.2) is 54.9 Å². The maximum Gasteiger partial charge on any atom is 0.270 e. The summed E-state index contributed by atoms with van der Waals surface area (Å²) < 4.78 is 6.30. The maximum absolute atomic E-state index is 12.8. The van der Waals surface area contributed by atoms with Gasteiger partial charge in [-0.1, -0.05) is 24.3 Å². The molecule has 2 fully saturated rings. The number of aromatic amines is 1. The molecule has 6 nitrogen and oxygen atoms in total. The number of fused-ring (bicyclic) bond motifs is 1. The number of rotatable bonds is 5. The molecule has 1 atom stereocenters. The highest BCUT2D eigenvalue weighted by Gasteiger charge is 2.48. The number of H-pyrrole nitrogens is 1. The zero-order valence-corrected chi connectivity index (χ0v) is 17.4. The first-order valence-electron chi connectivity index (χ1n) is 10.7. The molecular formula is C24H28N4O2. The number of hydrogen-bond donors (Lipinski definition) is 1. The van der Waals surface area contributed by atoms with Crippen LogP contribution in [0.5, 0.6) is 0 Å². The van der Waals surface area contributed by atoms with E-state index in [-0.39, 0.29) is 11.5 Å². The van der Waals surface area contributed by atoms with Gasteiger partial charge in [0.2, 0.25) is 0 Å². The monoisotopic (exact) mass is 404 g/mol. The molecule has 4 heterocycles. The van der Waals surface area contributed by atoms with E-state index >= 15 is 0 Å². The summed E-state index contributed by atoms with van der Waals surface area (Å²) in [6, 6.07) is 14.0. The quantitative estimate of drug-likeness (QED) is 0.709. The number of carbonyl (C=O) groups is 1. The van der Waals surface area contributed by atoms with Crippen molar-refractivity contribution in [3.8, 4) is 0 Å². The molecule has 2 aliphatic rings. The zero-order valence-electron chi connectivity index (χ0n) is 17.4. The molecule has 1 N–H and O–H groups in total. The second-order valence-corrected chi connectivity index (χ2v) is 8.89. The largest absolute Gasteiger partial charge is 0.371 e. The van der Waals surface area contributed by atoms with E-state index < -0.39 is 0 Å². The molecule has 0 bridgehead atoms. The molecule has 30 heavy (non-hydrogen) atoms. The van der Waals surface area contributed by atoms with E-state index in [1.807, 2.05) is 53.7 Å². The topological polar surface area (TPSA) is 61.5 Å². The van der Waals surface area contributed by atoms with Crippen LogP contribution in [0.3, 0.4) is 0 Å². The average molecular weight is 405 g/mol. The van der Waals surface area contributed by atoms with Crippen molar-refractivity contribution in [2.24, 2.45) is 5.92 Å². The smallest absolute Gasteiger partial charge is 0.270 e. The lowest BCUT2D eigenvalue weighted by Crippen LogP contribution is -2.66. The Kier molecular flexibility index (Phi) is 5.05. The van der Waals surface area contributed by atoms with Gasteiger partial charge in [0.15, 0.2) is 0 Å². The standard InChI is InChI=1S/C24H28N4O2/c1-27(13-18-5-4-10-25-12-18)14-19-8-9-24(30-15-19)16-28(17-24)23(29)22-11-20-6-2-3-7-21(20)26-22/h2-7,10-12,19,26H,8-9,13-17H2,1H3. The predicted octanol–water partition coefficient (Wildman–Crippen LogP) is 3.32. The van der Waals surface area contributed by atoms with Crippen molar-refractivity contribution in [2.45, 2.75) is 25.0 Å². The Morgan fingerprint density at radius 3 is 2.90 bits per heavy atom. The summed E-state index contributed by atoms with van der Waals surface area (Å²) in [4.78, 5) is 24.5. The number of pyridine rings is 1. The first kappa shape index (κ1) is 19.3. The highest BCUT2D eigenvalue weighted by atomic mass is 16.5. The third-order valence-electron chi connectivity index (χ3n) is 6.38. The average Bonchev–Trinajstić information content (AvgIpc) is 3.17. The number of aromatic nitrogens is 2. The first-order chi connectivity index (χ1) is 14.6. The van der Waals surface area contributed by atoms with Crippen LogP contribution in [0, 0.1) is 5.92 Å². The first-order valence-corrected chi connectivity index (χ1v) is 10.7. The number of nitrogens with zero attached hydrogens (tertiary/aromatic N) is 3. The van der Waals surface area contributed by atoms with Gasteiger partial charge < -0.3 is 19.5 Å². The zero-order chi connectivity index (χ0) is 20.6. The van der Waals surface area contributed by atoms with Gasteiger partial charge in [0.1, 0.15) is 11.3 Å². The molecule has 1 spiro atoms. The fourth-order valence-corrected chi connectivity index (χ4v) is 4.77. The number of hydrogen-bond acceptors (Lipinski definition) is 4. The van der Waals surface area contributed by atoms with Crippen LogP contribution in [-0.2, 0) is 11.3 Å². The molecule has 0 saturated carbocycles. The molecule has 156 valence electrons. The minimum absolute atomic E-state index is 0.0683. The molecule has 2 aliphatic heterocycles. The van der Waals surface area contributed by atoms with Crippen LogP contribution in [-0.4, -0.2) is 64.6 Å². The maximum atomic E-state index is 12.8. The number of amides is 1. The number of carbonyl (C=O) groups excluding carboxylic acids is 1.